The molecule has 11 heteroatoms. The molecule has 0 heterocycles. The van der Waals surface area contributed by atoms with Gasteiger partial charge in [0.1, 0.15) is 18.4 Å². The van der Waals surface area contributed by atoms with E-state index in [1.807, 2.05) is 49.4 Å². The minimum absolute atomic E-state index is 0.0149. The van der Waals surface area contributed by atoms with Crippen LogP contribution in [0.15, 0.2) is 48.5 Å². The molecule has 2 atom stereocenters. The second-order valence-corrected chi connectivity index (χ2v) is 8.96. The van der Waals surface area contributed by atoms with E-state index >= 15 is 0 Å². The molecule has 0 amide bonds. The van der Waals surface area contributed by atoms with Crippen LogP contribution in [0.5, 0.6) is 5.75 Å². The average molecular weight is 495 g/mol. The molecular formula is C23H30NO9P. The van der Waals surface area contributed by atoms with Gasteiger partial charge in [0.15, 0.2) is 0 Å². The van der Waals surface area contributed by atoms with Gasteiger partial charge in [0.2, 0.25) is 0 Å². The number of esters is 1. The highest BCUT2D eigenvalue weighted by Crippen LogP contribution is 2.43. The number of carbonyl (C=O) groups is 2. The first-order chi connectivity index (χ1) is 16.2. The minimum Gasteiger partial charge on any atom is -0.489 e. The molecule has 0 spiro atoms. The van der Waals surface area contributed by atoms with Crippen molar-refractivity contribution in [2.75, 3.05) is 19.8 Å². The molecule has 34 heavy (non-hydrogen) atoms. The lowest BCUT2D eigenvalue weighted by Gasteiger charge is -2.14. The number of benzene rings is 2. The third-order valence-electron chi connectivity index (χ3n) is 4.59. The maximum atomic E-state index is 12.0. The Balaban J connectivity index is 1.67. The molecule has 0 aliphatic carbocycles. The minimum atomic E-state index is -4.44. The third kappa shape index (κ3) is 10.5. The van der Waals surface area contributed by atoms with Crippen molar-refractivity contribution in [2.24, 2.45) is 5.73 Å². The average Bonchev–Trinajstić information content (AvgIpc) is 2.80. The summed E-state index contributed by atoms with van der Waals surface area (Å²) in [5, 5.41) is 8.62. The zero-order chi connectivity index (χ0) is 25.0. The van der Waals surface area contributed by atoms with Gasteiger partial charge in [0.05, 0.1) is 19.8 Å². The molecule has 2 aromatic rings. The van der Waals surface area contributed by atoms with Crippen LogP contribution in [0.1, 0.15) is 29.5 Å². The molecule has 4 N–H and O–H groups in total. The molecule has 0 aliphatic rings. The van der Waals surface area contributed by atoms with Crippen molar-refractivity contribution < 1.29 is 42.7 Å². The van der Waals surface area contributed by atoms with E-state index in [-0.39, 0.29) is 26.1 Å². The molecule has 1 unspecified atom stereocenters. The first kappa shape index (κ1) is 27.5. The summed E-state index contributed by atoms with van der Waals surface area (Å²) in [5.74, 6) is -1.09. The fraction of sp³-hybridized carbons (Fsp3) is 0.391. The Bertz CT molecular complexity index is 998. The number of carbonyl (C=O) groups excluding carboxylic acids is 1. The first-order valence-electron chi connectivity index (χ1n) is 10.7. The molecule has 186 valence electrons. The highest BCUT2D eigenvalue weighted by Gasteiger charge is 2.24. The van der Waals surface area contributed by atoms with Crippen LogP contribution in [0.2, 0.25) is 0 Å². The molecule has 2 rings (SSSR count). The van der Waals surface area contributed by atoms with Crippen LogP contribution in [0.3, 0.4) is 0 Å². The Kier molecular flexibility index (Phi) is 11.2. The van der Waals surface area contributed by atoms with E-state index in [1.165, 1.54) is 0 Å². The standard InChI is InChI=1S/C23H30NO9P/c1-17-6-4-7-18(14-17)15-31-21-9-3-2-8-19(21)10-11-22(25)30-12-5-13-32-34(28,29)33-16-20(24)23(26)27/h2-4,6-9,14,20H,5,10-13,15-16,24H2,1H3,(H,26,27)(H,28,29)/t20-/m0/s1. The number of hydrogen-bond acceptors (Lipinski definition) is 8. The number of phosphoric ester groups is 1. The van der Waals surface area contributed by atoms with E-state index in [0.717, 1.165) is 16.7 Å². The zero-order valence-corrected chi connectivity index (χ0v) is 19.8. The summed E-state index contributed by atoms with van der Waals surface area (Å²) in [6.07, 6.45) is 0.726. The Morgan fingerprint density at radius 1 is 1.09 bits per heavy atom. The SMILES string of the molecule is Cc1cccc(COc2ccccc2CCC(=O)OCCCOP(=O)(O)OC[C@H](N)C(=O)O)c1. The molecule has 0 bridgehead atoms. The number of carboxylic acids is 1. The highest BCUT2D eigenvalue weighted by atomic mass is 31.2. The maximum absolute atomic E-state index is 12.0. The van der Waals surface area contributed by atoms with Crippen molar-refractivity contribution in [1.29, 1.82) is 0 Å². The predicted molar refractivity (Wildman–Crippen MR) is 123 cm³/mol. The summed E-state index contributed by atoms with van der Waals surface area (Å²) < 4.78 is 31.9. The van der Waals surface area contributed by atoms with Crippen molar-refractivity contribution in [1.82, 2.24) is 0 Å². The van der Waals surface area contributed by atoms with Crippen LogP contribution < -0.4 is 10.5 Å². The van der Waals surface area contributed by atoms with E-state index in [2.05, 4.69) is 15.1 Å². The monoisotopic (exact) mass is 495 g/mol. The molecule has 0 saturated carbocycles. The summed E-state index contributed by atoms with van der Waals surface area (Å²) >= 11 is 0. The summed E-state index contributed by atoms with van der Waals surface area (Å²) in [7, 11) is -4.44. The Labute approximate surface area is 198 Å². The molecule has 0 radical (unpaired) electrons. The van der Waals surface area contributed by atoms with Crippen LogP contribution >= 0.6 is 7.82 Å². The molecule has 2 aromatic carbocycles. The summed E-state index contributed by atoms with van der Waals surface area (Å²) in [4.78, 5) is 32.1. The number of phosphoric acid groups is 1. The number of rotatable bonds is 15. The number of carboxylic acid groups (broad SMARTS) is 1. The fourth-order valence-electron chi connectivity index (χ4n) is 2.83. The van der Waals surface area contributed by atoms with Crippen molar-refractivity contribution >= 4 is 19.8 Å². The van der Waals surface area contributed by atoms with Gasteiger partial charge in [-0.15, -0.1) is 0 Å². The van der Waals surface area contributed by atoms with Gasteiger partial charge < -0.3 is 25.2 Å². The Morgan fingerprint density at radius 3 is 2.59 bits per heavy atom. The number of ether oxygens (including phenoxy) is 2. The number of aryl methyl sites for hydroxylation is 2. The first-order valence-corrected chi connectivity index (χ1v) is 12.2. The third-order valence-corrected chi connectivity index (χ3v) is 5.57. The van der Waals surface area contributed by atoms with Crippen molar-refractivity contribution in [2.45, 2.75) is 38.8 Å². The van der Waals surface area contributed by atoms with Gasteiger partial charge >= 0.3 is 19.8 Å². The van der Waals surface area contributed by atoms with Crippen LogP contribution in [-0.2, 0) is 41.0 Å². The Hall–Kier alpha value is -2.75. The van der Waals surface area contributed by atoms with Crippen LogP contribution in [0.4, 0.5) is 0 Å². The fourth-order valence-corrected chi connectivity index (χ4v) is 3.61. The lowest BCUT2D eigenvalue weighted by atomic mass is 10.1. The quantitative estimate of drug-likeness (QED) is 0.191. The molecule has 0 fully saturated rings. The second kappa shape index (κ2) is 13.8. The predicted octanol–water partition coefficient (Wildman–Crippen LogP) is 2.99. The number of aliphatic carboxylic acids is 1. The van der Waals surface area contributed by atoms with E-state index in [9.17, 15) is 19.0 Å². The lowest BCUT2D eigenvalue weighted by molar-refractivity contribution is -0.143. The normalized spacial score (nSPS) is 13.6. The van der Waals surface area contributed by atoms with Crippen molar-refractivity contribution in [3.8, 4) is 5.75 Å². The van der Waals surface area contributed by atoms with Crippen LogP contribution in [-0.4, -0.2) is 47.8 Å². The number of para-hydroxylation sites is 1. The summed E-state index contributed by atoms with van der Waals surface area (Å²) in [5.41, 5.74) is 8.27. The van der Waals surface area contributed by atoms with Gasteiger partial charge in [-0.2, -0.15) is 0 Å². The smallest absolute Gasteiger partial charge is 0.472 e. The topological polar surface area (TPSA) is 155 Å². The summed E-state index contributed by atoms with van der Waals surface area (Å²) in [6, 6.07) is 14.1. The second-order valence-electron chi connectivity index (χ2n) is 7.50. The summed E-state index contributed by atoms with van der Waals surface area (Å²) in [6.45, 7) is 1.53. The van der Waals surface area contributed by atoms with Gasteiger partial charge in [-0.1, -0.05) is 48.0 Å². The largest absolute Gasteiger partial charge is 0.489 e. The molecule has 0 aliphatic heterocycles. The van der Waals surface area contributed by atoms with Crippen molar-refractivity contribution in [3.63, 3.8) is 0 Å². The zero-order valence-electron chi connectivity index (χ0n) is 18.9. The number of hydrogen-bond donors (Lipinski definition) is 3. The lowest BCUT2D eigenvalue weighted by Crippen LogP contribution is -2.34. The number of nitrogens with two attached hydrogens (primary N) is 1. The van der Waals surface area contributed by atoms with E-state index in [0.29, 0.717) is 18.8 Å². The molecular weight excluding hydrogens is 465 g/mol. The van der Waals surface area contributed by atoms with Crippen molar-refractivity contribution in [3.05, 3.63) is 65.2 Å². The van der Waals surface area contributed by atoms with Gasteiger partial charge in [0.25, 0.3) is 0 Å². The van der Waals surface area contributed by atoms with E-state index in [4.69, 9.17) is 20.3 Å². The highest BCUT2D eigenvalue weighted by molar-refractivity contribution is 7.47. The van der Waals surface area contributed by atoms with E-state index < -0.39 is 32.4 Å². The molecule has 10 nitrogen and oxygen atoms in total. The Morgan fingerprint density at radius 2 is 1.85 bits per heavy atom. The van der Waals surface area contributed by atoms with Gasteiger partial charge in [0, 0.05) is 12.8 Å². The van der Waals surface area contributed by atoms with Crippen LogP contribution in [0.25, 0.3) is 0 Å². The molecule has 0 aromatic heterocycles. The van der Waals surface area contributed by atoms with Crippen LogP contribution in [0, 0.1) is 6.92 Å². The molecule has 0 saturated heterocycles. The van der Waals surface area contributed by atoms with Gasteiger partial charge in [-0.05, 0) is 30.5 Å². The van der Waals surface area contributed by atoms with Gasteiger partial charge in [-0.3, -0.25) is 18.6 Å². The van der Waals surface area contributed by atoms with Gasteiger partial charge in [-0.25, -0.2) is 4.57 Å². The maximum Gasteiger partial charge on any atom is 0.472 e. The van der Waals surface area contributed by atoms with E-state index in [1.54, 1.807) is 0 Å².